The molecule has 1 atom stereocenters. The Bertz CT molecular complexity index is 675. The van der Waals surface area contributed by atoms with Crippen molar-refractivity contribution in [2.24, 2.45) is 0 Å². The Hall–Kier alpha value is -1.66. The predicted octanol–water partition coefficient (Wildman–Crippen LogP) is 4.25. The summed E-state index contributed by atoms with van der Waals surface area (Å²) in [5.41, 5.74) is 0.884. The molecule has 2 rings (SSSR count). The van der Waals surface area contributed by atoms with Crippen molar-refractivity contribution in [3.05, 3.63) is 33.8 Å². The van der Waals surface area contributed by atoms with E-state index >= 15 is 0 Å². The molecule has 1 aromatic carbocycles. The lowest BCUT2D eigenvalue weighted by atomic mass is 10.2. The molecule has 0 aliphatic rings. The number of nitrogens with zero attached hydrogens (tertiary/aromatic N) is 2. The second-order valence-electron chi connectivity index (χ2n) is 5.26. The van der Waals surface area contributed by atoms with Crippen LogP contribution in [0, 0.1) is 6.92 Å². The number of hydrogen-bond donors (Lipinski definition) is 1. The van der Waals surface area contributed by atoms with Crippen LogP contribution in [-0.4, -0.2) is 22.2 Å². The van der Waals surface area contributed by atoms with Gasteiger partial charge in [0.05, 0.1) is 0 Å². The average Bonchev–Trinajstić information content (AvgIpc) is 2.95. The molecule has 0 fully saturated rings. The van der Waals surface area contributed by atoms with Crippen molar-refractivity contribution >= 4 is 34.0 Å². The summed E-state index contributed by atoms with van der Waals surface area (Å²) in [4.78, 5) is 12.2. The molecule has 0 aliphatic carbocycles. The fraction of sp³-hybridized carbons (Fsp3) is 0.438. The van der Waals surface area contributed by atoms with Crippen LogP contribution in [0.25, 0.3) is 0 Å². The Labute approximate surface area is 145 Å². The first-order chi connectivity index (χ1) is 11.0. The van der Waals surface area contributed by atoms with Crippen LogP contribution in [0.15, 0.2) is 18.2 Å². The Balaban J connectivity index is 1.93. The molecule has 0 bridgehead atoms. The SMILES string of the molecule is CCCCc1nnc(NC(=O)[C@@H](C)Oc2ccc(Cl)cc2C)s1. The Morgan fingerprint density at radius 3 is 2.91 bits per heavy atom. The number of anilines is 1. The van der Waals surface area contributed by atoms with Crippen molar-refractivity contribution in [1.29, 1.82) is 0 Å². The number of aryl methyl sites for hydroxylation is 2. The van der Waals surface area contributed by atoms with Gasteiger partial charge in [0.25, 0.3) is 5.91 Å². The topological polar surface area (TPSA) is 64.1 Å². The molecule has 0 radical (unpaired) electrons. The van der Waals surface area contributed by atoms with Crippen LogP contribution in [0.1, 0.15) is 37.3 Å². The normalized spacial score (nSPS) is 12.0. The minimum Gasteiger partial charge on any atom is -0.481 e. The van der Waals surface area contributed by atoms with Gasteiger partial charge in [-0.15, -0.1) is 10.2 Å². The van der Waals surface area contributed by atoms with Gasteiger partial charge in [-0.05, 0) is 44.0 Å². The third-order valence-electron chi connectivity index (χ3n) is 3.25. The number of carbonyl (C=O) groups is 1. The van der Waals surface area contributed by atoms with Gasteiger partial charge >= 0.3 is 0 Å². The summed E-state index contributed by atoms with van der Waals surface area (Å²) in [6.07, 6.45) is 2.42. The van der Waals surface area contributed by atoms with Gasteiger partial charge in [-0.3, -0.25) is 10.1 Å². The molecule has 5 nitrogen and oxygen atoms in total. The number of unbranched alkanes of at least 4 members (excludes halogenated alkanes) is 1. The van der Waals surface area contributed by atoms with Crippen molar-refractivity contribution in [2.45, 2.75) is 46.1 Å². The van der Waals surface area contributed by atoms with Crippen LogP contribution in [-0.2, 0) is 11.2 Å². The summed E-state index contributed by atoms with van der Waals surface area (Å²) in [6.45, 7) is 5.71. The van der Waals surface area contributed by atoms with E-state index in [-0.39, 0.29) is 5.91 Å². The Morgan fingerprint density at radius 2 is 2.22 bits per heavy atom. The first kappa shape index (κ1) is 17.7. The molecular formula is C16H20ClN3O2S. The van der Waals surface area contributed by atoms with Gasteiger partial charge in [-0.1, -0.05) is 36.3 Å². The third-order valence-corrected chi connectivity index (χ3v) is 4.38. The van der Waals surface area contributed by atoms with Gasteiger partial charge in [-0.2, -0.15) is 0 Å². The maximum atomic E-state index is 12.2. The largest absolute Gasteiger partial charge is 0.481 e. The molecule has 0 saturated carbocycles. The molecule has 1 N–H and O–H groups in total. The summed E-state index contributed by atoms with van der Waals surface area (Å²) in [5, 5.41) is 12.9. The van der Waals surface area contributed by atoms with Gasteiger partial charge < -0.3 is 4.74 Å². The molecule has 0 spiro atoms. The van der Waals surface area contributed by atoms with Gasteiger partial charge in [0.2, 0.25) is 5.13 Å². The summed E-state index contributed by atoms with van der Waals surface area (Å²) in [6, 6.07) is 5.29. The van der Waals surface area contributed by atoms with E-state index < -0.39 is 6.10 Å². The molecule has 0 aliphatic heterocycles. The summed E-state index contributed by atoms with van der Waals surface area (Å²) in [7, 11) is 0. The monoisotopic (exact) mass is 353 g/mol. The van der Waals surface area contributed by atoms with Crippen molar-refractivity contribution < 1.29 is 9.53 Å². The van der Waals surface area contributed by atoms with E-state index in [9.17, 15) is 4.79 Å². The number of carbonyl (C=O) groups excluding carboxylic acids is 1. The quantitative estimate of drug-likeness (QED) is 0.808. The highest BCUT2D eigenvalue weighted by molar-refractivity contribution is 7.15. The van der Waals surface area contributed by atoms with Crippen LogP contribution in [0.3, 0.4) is 0 Å². The summed E-state index contributed by atoms with van der Waals surface area (Å²) < 4.78 is 5.69. The number of nitrogens with one attached hydrogen (secondary N) is 1. The molecule has 1 aromatic heterocycles. The van der Waals surface area contributed by atoms with Crippen molar-refractivity contribution in [2.75, 3.05) is 5.32 Å². The van der Waals surface area contributed by atoms with E-state index in [0.29, 0.717) is 15.9 Å². The minimum absolute atomic E-state index is 0.252. The lowest BCUT2D eigenvalue weighted by Crippen LogP contribution is -2.30. The molecule has 124 valence electrons. The number of hydrogen-bond acceptors (Lipinski definition) is 5. The molecule has 0 saturated heterocycles. The van der Waals surface area contributed by atoms with Gasteiger partial charge in [-0.25, -0.2) is 0 Å². The van der Waals surface area contributed by atoms with E-state index in [1.54, 1.807) is 25.1 Å². The zero-order chi connectivity index (χ0) is 16.8. The van der Waals surface area contributed by atoms with Crippen LogP contribution in [0.4, 0.5) is 5.13 Å². The maximum absolute atomic E-state index is 12.2. The lowest BCUT2D eigenvalue weighted by molar-refractivity contribution is -0.122. The second-order valence-corrected chi connectivity index (χ2v) is 6.76. The van der Waals surface area contributed by atoms with Gasteiger partial charge in [0, 0.05) is 11.4 Å². The number of amides is 1. The molecule has 0 unspecified atom stereocenters. The predicted molar refractivity (Wildman–Crippen MR) is 93.4 cm³/mol. The number of ether oxygens (including phenoxy) is 1. The Morgan fingerprint density at radius 1 is 1.43 bits per heavy atom. The number of aromatic nitrogens is 2. The van der Waals surface area contributed by atoms with Gasteiger partial charge in [0.15, 0.2) is 6.10 Å². The molecule has 23 heavy (non-hydrogen) atoms. The zero-order valence-corrected chi connectivity index (χ0v) is 15.0. The highest BCUT2D eigenvalue weighted by Gasteiger charge is 2.17. The van der Waals surface area contributed by atoms with E-state index in [2.05, 4.69) is 22.4 Å². The highest BCUT2D eigenvalue weighted by Crippen LogP contribution is 2.23. The van der Waals surface area contributed by atoms with Crippen LogP contribution in [0.5, 0.6) is 5.75 Å². The molecule has 2 aromatic rings. The number of rotatable bonds is 7. The van der Waals surface area contributed by atoms with Crippen LogP contribution < -0.4 is 10.1 Å². The van der Waals surface area contributed by atoms with E-state index in [4.69, 9.17) is 16.3 Å². The zero-order valence-electron chi connectivity index (χ0n) is 13.4. The number of benzene rings is 1. The first-order valence-electron chi connectivity index (χ1n) is 7.55. The van der Waals surface area contributed by atoms with Crippen LogP contribution in [0.2, 0.25) is 5.02 Å². The maximum Gasteiger partial charge on any atom is 0.266 e. The van der Waals surface area contributed by atoms with Crippen molar-refractivity contribution in [1.82, 2.24) is 10.2 Å². The summed E-state index contributed by atoms with van der Waals surface area (Å²) >= 11 is 7.32. The van der Waals surface area contributed by atoms with Crippen LogP contribution >= 0.6 is 22.9 Å². The Kier molecular flexibility index (Phi) is 6.36. The van der Waals surface area contributed by atoms with E-state index in [1.807, 2.05) is 6.92 Å². The lowest BCUT2D eigenvalue weighted by Gasteiger charge is -2.15. The fourth-order valence-electron chi connectivity index (χ4n) is 1.93. The van der Waals surface area contributed by atoms with Gasteiger partial charge in [0.1, 0.15) is 10.8 Å². The molecule has 1 amide bonds. The van der Waals surface area contributed by atoms with E-state index in [1.165, 1.54) is 11.3 Å². The standard InChI is InChI=1S/C16H20ClN3O2S/c1-4-5-6-14-19-20-16(23-14)18-15(21)11(3)22-13-8-7-12(17)9-10(13)2/h7-9,11H,4-6H2,1-3H3,(H,18,20,21)/t11-/m1/s1. The second kappa shape index (κ2) is 8.26. The number of halogens is 1. The third kappa shape index (κ3) is 5.18. The smallest absolute Gasteiger partial charge is 0.266 e. The first-order valence-corrected chi connectivity index (χ1v) is 8.75. The average molecular weight is 354 g/mol. The summed E-state index contributed by atoms with van der Waals surface area (Å²) in [5.74, 6) is 0.385. The molecule has 7 heteroatoms. The van der Waals surface area contributed by atoms with Crippen molar-refractivity contribution in [3.63, 3.8) is 0 Å². The highest BCUT2D eigenvalue weighted by atomic mass is 35.5. The van der Waals surface area contributed by atoms with Crippen molar-refractivity contribution in [3.8, 4) is 5.75 Å². The molecular weight excluding hydrogens is 334 g/mol. The fourth-order valence-corrected chi connectivity index (χ4v) is 2.94. The minimum atomic E-state index is -0.641. The van der Waals surface area contributed by atoms with E-state index in [0.717, 1.165) is 29.8 Å². The molecule has 1 heterocycles.